The van der Waals surface area contributed by atoms with Crippen molar-refractivity contribution in [3.8, 4) is 5.88 Å². The molecule has 0 aliphatic heterocycles. The summed E-state index contributed by atoms with van der Waals surface area (Å²) >= 11 is 1.62. The third-order valence-electron chi connectivity index (χ3n) is 4.46. The van der Waals surface area contributed by atoms with Crippen molar-refractivity contribution in [3.63, 3.8) is 0 Å². The summed E-state index contributed by atoms with van der Waals surface area (Å²) in [5.41, 5.74) is 1.66. The quantitative estimate of drug-likeness (QED) is 0.793. The molecule has 2 aromatic rings. The number of thiazole rings is 1. The average molecular weight is 374 g/mol. The van der Waals surface area contributed by atoms with Crippen LogP contribution in [0.15, 0.2) is 23.3 Å². The molecule has 0 bridgehead atoms. The van der Waals surface area contributed by atoms with Crippen LogP contribution in [0.1, 0.15) is 61.5 Å². The maximum atomic E-state index is 12.8. The Labute approximate surface area is 158 Å². The summed E-state index contributed by atoms with van der Waals surface area (Å²) in [5.74, 6) is 0.761. The third kappa shape index (κ3) is 4.06. The van der Waals surface area contributed by atoms with Gasteiger partial charge in [0.1, 0.15) is 5.56 Å². The Hall–Kier alpha value is -1.95. The van der Waals surface area contributed by atoms with Crippen molar-refractivity contribution >= 4 is 17.2 Å². The van der Waals surface area contributed by atoms with Crippen molar-refractivity contribution in [2.24, 2.45) is 10.9 Å². The van der Waals surface area contributed by atoms with Crippen LogP contribution in [0.4, 0.5) is 0 Å². The van der Waals surface area contributed by atoms with Crippen LogP contribution in [0, 0.1) is 12.8 Å². The molecule has 1 saturated carbocycles. The van der Waals surface area contributed by atoms with E-state index in [-0.39, 0.29) is 11.3 Å². The monoisotopic (exact) mass is 373 g/mol. The fourth-order valence-electron chi connectivity index (χ4n) is 2.99. The van der Waals surface area contributed by atoms with Gasteiger partial charge in [-0.1, -0.05) is 20.8 Å². The number of aromatic nitrogens is 2. The van der Waals surface area contributed by atoms with Gasteiger partial charge in [0.05, 0.1) is 6.61 Å². The van der Waals surface area contributed by atoms with Crippen molar-refractivity contribution in [2.45, 2.75) is 59.4 Å². The number of ether oxygens (including phenoxy) is 1. The molecular weight excluding hydrogens is 346 g/mol. The number of rotatable bonds is 5. The maximum absolute atomic E-state index is 12.8. The van der Waals surface area contributed by atoms with Gasteiger partial charge in [0.15, 0.2) is 4.80 Å². The molecule has 0 atom stereocenters. The highest BCUT2D eigenvalue weighted by Gasteiger charge is 2.27. The number of carbonyl (C=O) groups excluding carboxylic acids is 1. The van der Waals surface area contributed by atoms with Gasteiger partial charge in [0, 0.05) is 23.3 Å². The van der Waals surface area contributed by atoms with E-state index in [1.165, 1.54) is 23.4 Å². The summed E-state index contributed by atoms with van der Waals surface area (Å²) < 4.78 is 7.71. The summed E-state index contributed by atoms with van der Waals surface area (Å²) in [4.78, 5) is 23.5. The van der Waals surface area contributed by atoms with Crippen molar-refractivity contribution < 1.29 is 9.53 Å². The first-order valence-corrected chi connectivity index (χ1v) is 10.0. The minimum absolute atomic E-state index is 0.0294. The van der Waals surface area contributed by atoms with E-state index in [4.69, 9.17) is 4.74 Å². The number of carbonyl (C=O) groups is 1. The largest absolute Gasteiger partial charge is 0.477 e. The number of amides is 1. The van der Waals surface area contributed by atoms with Crippen LogP contribution in [0.2, 0.25) is 0 Å². The topological polar surface area (TPSA) is 56.5 Å². The lowest BCUT2D eigenvalue weighted by atomic mass is 9.93. The van der Waals surface area contributed by atoms with Crippen LogP contribution in [-0.4, -0.2) is 22.1 Å². The Balaban J connectivity index is 2.06. The summed E-state index contributed by atoms with van der Waals surface area (Å²) in [6.07, 6.45) is 4.15. The summed E-state index contributed by atoms with van der Waals surface area (Å²) in [7, 11) is 0. The fourth-order valence-corrected chi connectivity index (χ4v) is 4.19. The van der Waals surface area contributed by atoms with Gasteiger partial charge < -0.3 is 9.30 Å². The van der Waals surface area contributed by atoms with E-state index >= 15 is 0 Å². The zero-order valence-electron chi connectivity index (χ0n) is 16.2. The third-order valence-corrected chi connectivity index (χ3v) is 6.06. The molecule has 2 heterocycles. The van der Waals surface area contributed by atoms with Gasteiger partial charge in [-0.2, -0.15) is 4.99 Å². The molecule has 6 heteroatoms. The predicted molar refractivity (Wildman–Crippen MR) is 104 cm³/mol. The van der Waals surface area contributed by atoms with E-state index in [9.17, 15) is 4.79 Å². The normalized spacial score (nSPS) is 15.3. The van der Waals surface area contributed by atoms with Crippen LogP contribution < -0.4 is 9.54 Å². The maximum Gasteiger partial charge on any atom is 0.285 e. The van der Waals surface area contributed by atoms with Gasteiger partial charge in [-0.05, 0) is 50.2 Å². The molecule has 2 aromatic heterocycles. The van der Waals surface area contributed by atoms with Crippen molar-refractivity contribution in [1.29, 1.82) is 0 Å². The second-order valence-electron chi connectivity index (χ2n) is 7.81. The van der Waals surface area contributed by atoms with Crippen LogP contribution in [0.25, 0.3) is 0 Å². The Bertz CT molecular complexity index is 870. The molecule has 1 aliphatic rings. The van der Waals surface area contributed by atoms with Crippen molar-refractivity contribution in [1.82, 2.24) is 9.55 Å². The summed E-state index contributed by atoms with van der Waals surface area (Å²) in [6.45, 7) is 12.0. The van der Waals surface area contributed by atoms with Gasteiger partial charge in [0.25, 0.3) is 5.91 Å². The summed E-state index contributed by atoms with van der Waals surface area (Å²) in [5, 5.41) is 0. The lowest BCUT2D eigenvalue weighted by molar-refractivity contribution is 0.0993. The average Bonchev–Trinajstić information content (AvgIpc) is 3.34. The highest BCUT2D eigenvalue weighted by Crippen LogP contribution is 2.33. The fraction of sp³-hybridized carbons (Fsp3) is 0.550. The molecule has 0 radical (unpaired) electrons. The first-order valence-electron chi connectivity index (χ1n) is 9.18. The summed E-state index contributed by atoms with van der Waals surface area (Å²) in [6, 6.07) is 3.46. The minimum atomic E-state index is -0.298. The van der Waals surface area contributed by atoms with Crippen LogP contribution in [0.5, 0.6) is 5.88 Å². The van der Waals surface area contributed by atoms with Gasteiger partial charge >= 0.3 is 0 Å². The molecule has 0 N–H and O–H groups in total. The molecular formula is C20H27N3O2S. The Morgan fingerprint density at radius 3 is 2.77 bits per heavy atom. The number of nitrogens with zero attached hydrogens (tertiary/aromatic N) is 3. The van der Waals surface area contributed by atoms with Gasteiger partial charge in [-0.25, -0.2) is 4.98 Å². The molecule has 0 unspecified atom stereocenters. The molecule has 1 fully saturated rings. The zero-order valence-corrected chi connectivity index (χ0v) is 17.0. The molecule has 0 saturated heterocycles. The number of pyridine rings is 1. The van der Waals surface area contributed by atoms with Crippen LogP contribution in [0.3, 0.4) is 0 Å². The molecule has 3 rings (SSSR count). The Morgan fingerprint density at radius 2 is 2.15 bits per heavy atom. The van der Waals surface area contributed by atoms with E-state index in [1.54, 1.807) is 29.7 Å². The molecule has 0 aromatic carbocycles. The SMILES string of the molecule is CCOc1ncccc1C(=O)N=c1sc(C(C)(C)C)c(C)n1CC1CC1. The molecule has 140 valence electrons. The number of hydrogen-bond donors (Lipinski definition) is 0. The molecule has 1 amide bonds. The van der Waals surface area contributed by atoms with Gasteiger partial charge in [-0.3, -0.25) is 4.79 Å². The van der Waals surface area contributed by atoms with Crippen LogP contribution in [-0.2, 0) is 12.0 Å². The van der Waals surface area contributed by atoms with Gasteiger partial charge in [-0.15, -0.1) is 11.3 Å². The van der Waals surface area contributed by atoms with E-state index in [2.05, 4.69) is 42.2 Å². The lowest BCUT2D eigenvalue weighted by Gasteiger charge is -2.17. The zero-order chi connectivity index (χ0) is 18.9. The minimum Gasteiger partial charge on any atom is -0.477 e. The van der Waals surface area contributed by atoms with E-state index in [0.717, 1.165) is 11.3 Å². The van der Waals surface area contributed by atoms with Crippen molar-refractivity contribution in [2.75, 3.05) is 6.61 Å². The molecule has 0 spiro atoms. The predicted octanol–water partition coefficient (Wildman–Crippen LogP) is 4.10. The smallest absolute Gasteiger partial charge is 0.285 e. The number of hydrogen-bond acceptors (Lipinski definition) is 4. The Kier molecular flexibility index (Phi) is 5.32. The second-order valence-corrected chi connectivity index (χ2v) is 8.79. The highest BCUT2D eigenvalue weighted by atomic mass is 32.1. The highest BCUT2D eigenvalue weighted by molar-refractivity contribution is 7.09. The molecule has 1 aliphatic carbocycles. The first kappa shape index (κ1) is 18.8. The first-order chi connectivity index (χ1) is 12.3. The Morgan fingerprint density at radius 1 is 1.42 bits per heavy atom. The molecule has 5 nitrogen and oxygen atoms in total. The van der Waals surface area contributed by atoms with Crippen LogP contribution >= 0.6 is 11.3 Å². The van der Waals surface area contributed by atoms with E-state index in [1.807, 2.05) is 6.92 Å². The van der Waals surface area contributed by atoms with Gasteiger partial charge in [0.2, 0.25) is 5.88 Å². The van der Waals surface area contributed by atoms with Crippen molar-refractivity contribution in [3.05, 3.63) is 39.3 Å². The second kappa shape index (κ2) is 7.35. The van der Waals surface area contributed by atoms with E-state index in [0.29, 0.717) is 24.0 Å². The standard InChI is InChI=1S/C20H27N3O2S/c1-6-25-18-15(8-7-11-21-18)17(24)22-19-23(12-14-9-10-14)13(2)16(26-19)20(3,4)5/h7-8,11,14H,6,9-10,12H2,1-5H3. The van der Waals surface area contributed by atoms with E-state index < -0.39 is 0 Å². The lowest BCUT2D eigenvalue weighted by Crippen LogP contribution is -2.20. The molecule has 26 heavy (non-hydrogen) atoms.